The maximum atomic E-state index is 12.4. The predicted octanol–water partition coefficient (Wildman–Crippen LogP) is 5.55. The Bertz CT molecular complexity index is 1380. The Balaban J connectivity index is 1.46. The lowest BCUT2D eigenvalue weighted by molar-refractivity contribution is -0.114. The fraction of sp³-hybridized carbons (Fsp3) is 0.0714. The van der Waals surface area contributed by atoms with Gasteiger partial charge in [-0.15, -0.1) is 11.3 Å². The van der Waals surface area contributed by atoms with Crippen LogP contribution in [0.25, 0.3) is 16.1 Å². The Labute approximate surface area is 202 Å². The minimum atomic E-state index is -0.462. The van der Waals surface area contributed by atoms with Crippen molar-refractivity contribution in [2.24, 2.45) is 5.73 Å². The van der Waals surface area contributed by atoms with Crippen LogP contribution in [0, 0.1) is 5.41 Å². The van der Waals surface area contributed by atoms with Gasteiger partial charge in [0.15, 0.2) is 0 Å². The molecule has 0 spiro atoms. The van der Waals surface area contributed by atoms with E-state index in [-0.39, 0.29) is 5.71 Å². The molecule has 1 aromatic heterocycles. The van der Waals surface area contributed by atoms with Gasteiger partial charge in [0.25, 0.3) is 5.91 Å². The molecular weight excluding hydrogens is 442 g/mol. The summed E-state index contributed by atoms with van der Waals surface area (Å²) in [4.78, 5) is 14.3. The van der Waals surface area contributed by atoms with Crippen molar-refractivity contribution < 1.29 is 9.53 Å². The van der Waals surface area contributed by atoms with Crippen LogP contribution in [0.2, 0.25) is 0 Å². The van der Waals surface area contributed by atoms with Gasteiger partial charge in [0.1, 0.15) is 18.1 Å². The highest BCUT2D eigenvalue weighted by molar-refractivity contribution is 7.15. The Morgan fingerprint density at radius 3 is 2.35 bits per heavy atom. The first-order valence-corrected chi connectivity index (χ1v) is 11.7. The van der Waals surface area contributed by atoms with Crippen LogP contribution in [0.1, 0.15) is 22.0 Å². The normalized spacial score (nSPS) is 16.9. The molecular formula is C28H23N3O2S. The highest BCUT2D eigenvalue weighted by Crippen LogP contribution is 2.41. The van der Waals surface area contributed by atoms with E-state index in [1.54, 1.807) is 11.3 Å². The molecule has 0 aliphatic carbocycles. The van der Waals surface area contributed by atoms with Gasteiger partial charge in [-0.05, 0) is 35.4 Å². The van der Waals surface area contributed by atoms with Crippen LogP contribution < -0.4 is 15.8 Å². The standard InChI is InChI=1S/C28H23N3O2S/c29-25(19-11-5-2-6-12-19)24-26(30)28(32)31-27(24)23-16-15-22(34-23)20-13-7-8-14-21(20)33-17-18-9-3-1-4-10-18/h1-16,27,30H,17,29H2,(H,31,32). The molecule has 4 N–H and O–H groups in total. The number of nitrogens with two attached hydrogens (primary N) is 1. The molecule has 4 aromatic rings. The molecule has 3 aromatic carbocycles. The molecule has 0 radical (unpaired) electrons. The fourth-order valence-electron chi connectivity index (χ4n) is 4.00. The monoisotopic (exact) mass is 465 g/mol. The average Bonchev–Trinajstić information content (AvgIpc) is 3.48. The Morgan fingerprint density at radius 1 is 0.912 bits per heavy atom. The first kappa shape index (κ1) is 21.7. The molecule has 0 saturated carbocycles. The van der Waals surface area contributed by atoms with E-state index in [4.69, 9.17) is 15.9 Å². The number of nitrogens with one attached hydrogen (secondary N) is 2. The summed E-state index contributed by atoms with van der Waals surface area (Å²) in [5.74, 6) is 0.378. The van der Waals surface area contributed by atoms with Crippen LogP contribution >= 0.6 is 11.3 Å². The zero-order chi connectivity index (χ0) is 23.5. The minimum absolute atomic E-state index is 0.0899. The summed E-state index contributed by atoms with van der Waals surface area (Å²) >= 11 is 1.56. The van der Waals surface area contributed by atoms with E-state index in [1.807, 2.05) is 97.1 Å². The minimum Gasteiger partial charge on any atom is -0.488 e. The van der Waals surface area contributed by atoms with E-state index in [0.29, 0.717) is 17.9 Å². The zero-order valence-corrected chi connectivity index (χ0v) is 19.1. The Kier molecular flexibility index (Phi) is 5.97. The smallest absolute Gasteiger partial charge is 0.270 e. The van der Waals surface area contributed by atoms with Crippen molar-refractivity contribution in [1.29, 1.82) is 5.41 Å². The third-order valence-corrected chi connectivity index (χ3v) is 6.92. The van der Waals surface area contributed by atoms with Crippen LogP contribution in [-0.4, -0.2) is 11.6 Å². The topological polar surface area (TPSA) is 88.2 Å². The largest absolute Gasteiger partial charge is 0.488 e. The molecule has 1 amide bonds. The SMILES string of the molecule is N=C1C(=O)NC(c2ccc(-c3ccccc3OCc3ccccc3)s2)C1=C(N)c1ccccc1. The molecule has 5 nitrogen and oxygen atoms in total. The molecule has 168 valence electrons. The van der Waals surface area contributed by atoms with E-state index >= 15 is 0 Å². The number of ether oxygens (including phenoxy) is 1. The second-order valence-electron chi connectivity index (χ2n) is 7.95. The third-order valence-electron chi connectivity index (χ3n) is 5.74. The lowest BCUT2D eigenvalue weighted by Gasteiger charge is -2.13. The molecule has 1 atom stereocenters. The van der Waals surface area contributed by atoms with Gasteiger partial charge >= 0.3 is 0 Å². The lowest BCUT2D eigenvalue weighted by Crippen LogP contribution is -2.20. The predicted molar refractivity (Wildman–Crippen MR) is 137 cm³/mol. The van der Waals surface area contributed by atoms with E-state index < -0.39 is 11.9 Å². The van der Waals surface area contributed by atoms with Crippen LogP contribution in [0.3, 0.4) is 0 Å². The van der Waals surface area contributed by atoms with E-state index in [2.05, 4.69) is 5.32 Å². The first-order valence-electron chi connectivity index (χ1n) is 10.9. The number of hydrogen-bond acceptors (Lipinski definition) is 5. The van der Waals surface area contributed by atoms with Crippen LogP contribution in [0.4, 0.5) is 0 Å². The molecule has 5 rings (SSSR count). The van der Waals surface area contributed by atoms with Crippen molar-refractivity contribution in [3.05, 3.63) is 119 Å². The number of carbonyl (C=O) groups is 1. The summed E-state index contributed by atoms with van der Waals surface area (Å²) in [7, 11) is 0. The van der Waals surface area contributed by atoms with Gasteiger partial charge in [0, 0.05) is 26.6 Å². The maximum absolute atomic E-state index is 12.4. The molecule has 1 aliphatic heterocycles. The number of carbonyl (C=O) groups excluding carboxylic acids is 1. The van der Waals surface area contributed by atoms with Crippen LogP contribution in [-0.2, 0) is 11.4 Å². The molecule has 34 heavy (non-hydrogen) atoms. The van der Waals surface area contributed by atoms with Crippen molar-refractivity contribution in [3.8, 4) is 16.2 Å². The highest BCUT2D eigenvalue weighted by atomic mass is 32.1. The van der Waals surface area contributed by atoms with E-state index in [0.717, 1.165) is 32.2 Å². The molecule has 6 heteroatoms. The highest BCUT2D eigenvalue weighted by Gasteiger charge is 2.36. The second kappa shape index (κ2) is 9.37. The molecule has 2 heterocycles. The molecule has 1 aliphatic rings. The van der Waals surface area contributed by atoms with E-state index in [1.165, 1.54) is 0 Å². The van der Waals surface area contributed by atoms with Crippen molar-refractivity contribution >= 4 is 28.7 Å². The molecule has 0 bridgehead atoms. The average molecular weight is 466 g/mol. The lowest BCUT2D eigenvalue weighted by atomic mass is 9.98. The number of para-hydroxylation sites is 1. The van der Waals surface area contributed by atoms with Crippen LogP contribution in [0.5, 0.6) is 5.75 Å². The molecule has 1 unspecified atom stereocenters. The summed E-state index contributed by atoms with van der Waals surface area (Å²) in [5, 5.41) is 11.3. The van der Waals surface area contributed by atoms with Gasteiger partial charge in [0.2, 0.25) is 0 Å². The Morgan fingerprint density at radius 2 is 1.59 bits per heavy atom. The number of hydrogen-bond donors (Lipinski definition) is 3. The quantitative estimate of drug-likeness (QED) is 0.349. The van der Waals surface area contributed by atoms with Crippen molar-refractivity contribution in [2.75, 3.05) is 0 Å². The van der Waals surface area contributed by atoms with Crippen LogP contribution in [0.15, 0.2) is 103 Å². The fourth-order valence-corrected chi connectivity index (χ4v) is 5.10. The van der Waals surface area contributed by atoms with Crippen molar-refractivity contribution in [1.82, 2.24) is 5.32 Å². The number of rotatable bonds is 6. The maximum Gasteiger partial charge on any atom is 0.270 e. The summed E-state index contributed by atoms with van der Waals surface area (Å²) < 4.78 is 6.14. The van der Waals surface area contributed by atoms with Gasteiger partial charge in [-0.25, -0.2) is 0 Å². The molecule has 1 fully saturated rings. The van der Waals surface area contributed by atoms with Gasteiger partial charge in [-0.2, -0.15) is 0 Å². The molecule has 1 saturated heterocycles. The van der Waals surface area contributed by atoms with Gasteiger partial charge < -0.3 is 15.8 Å². The van der Waals surface area contributed by atoms with Gasteiger partial charge in [-0.3, -0.25) is 10.2 Å². The summed E-state index contributed by atoms with van der Waals surface area (Å²) in [6.07, 6.45) is 0. The second-order valence-corrected chi connectivity index (χ2v) is 9.06. The zero-order valence-electron chi connectivity index (χ0n) is 18.3. The number of thiophene rings is 1. The summed E-state index contributed by atoms with van der Waals surface area (Å²) in [6.45, 7) is 0.479. The first-order chi connectivity index (χ1) is 16.6. The number of amides is 1. The van der Waals surface area contributed by atoms with Gasteiger partial charge in [-0.1, -0.05) is 72.8 Å². The third kappa shape index (κ3) is 4.23. The summed E-state index contributed by atoms with van der Waals surface area (Å²) in [5.41, 5.74) is 10.2. The Hall–Kier alpha value is -4.16. The van der Waals surface area contributed by atoms with Crippen molar-refractivity contribution in [2.45, 2.75) is 12.6 Å². The van der Waals surface area contributed by atoms with Crippen molar-refractivity contribution in [3.63, 3.8) is 0 Å². The van der Waals surface area contributed by atoms with E-state index in [9.17, 15) is 4.79 Å². The summed E-state index contributed by atoms with van der Waals surface area (Å²) in [6, 6.07) is 31.0. The van der Waals surface area contributed by atoms with Gasteiger partial charge in [0.05, 0.1) is 6.04 Å². The number of benzene rings is 3.